The van der Waals surface area contributed by atoms with E-state index in [0.717, 1.165) is 0 Å². The second kappa shape index (κ2) is 17.6. The van der Waals surface area contributed by atoms with Gasteiger partial charge in [0, 0.05) is 13.1 Å². The van der Waals surface area contributed by atoms with Gasteiger partial charge in [0.25, 0.3) is 0 Å². The van der Waals surface area contributed by atoms with Gasteiger partial charge in [0.05, 0.1) is 11.9 Å². The van der Waals surface area contributed by atoms with Crippen LogP contribution in [-0.4, -0.2) is 25.0 Å². The van der Waals surface area contributed by atoms with E-state index in [1.54, 1.807) is 0 Å². The summed E-state index contributed by atoms with van der Waals surface area (Å²) in [6.45, 7) is 1.19. The molecular weight excluding hydrogens is 410 g/mol. The van der Waals surface area contributed by atoms with E-state index >= 15 is 0 Å². The Morgan fingerprint density at radius 2 is 1.15 bits per heavy atom. The summed E-state index contributed by atoms with van der Waals surface area (Å²) in [5, 5.41) is 17.9. The number of hydrogen-bond acceptors (Lipinski definition) is 8. The second-order valence-corrected chi connectivity index (χ2v) is 1.93. The number of carboxylic acid groups (broad SMARTS) is 2. The Labute approximate surface area is 88.5 Å². The molecule has 13 heavy (non-hydrogen) atoms. The third kappa shape index (κ3) is 51.2. The summed E-state index contributed by atoms with van der Waals surface area (Å²) >= 11 is -2.51. The molecule has 0 heterocycles. The third-order valence-corrected chi connectivity index (χ3v) is 0.333. The molecule has 0 spiro atoms. The van der Waals surface area contributed by atoms with Crippen LogP contribution in [0.1, 0.15) is 0 Å². The standard InChI is InChI=1S/C2H8N2.C2H2O4.2O.U/c3-1-2-4;3-1(4)2(5)6;;;/h1-4H2;(H,3,4)(H,5,6);;;/q;;;;+2/p-2. The molecular formula is C4H8N2O6U. The van der Waals surface area contributed by atoms with Crippen molar-refractivity contribution in [2.45, 2.75) is 0 Å². The number of hydrogen-bond donors (Lipinski definition) is 2. The molecule has 74 valence electrons. The van der Waals surface area contributed by atoms with E-state index in [2.05, 4.69) is 0 Å². The Kier molecular flexibility index (Phi) is 24.8. The number of carbonyl (C=O) groups excluding carboxylic acids is 2. The molecule has 0 atom stereocenters. The summed E-state index contributed by atoms with van der Waals surface area (Å²) < 4.78 is 17.2. The third-order valence-electron chi connectivity index (χ3n) is 0.333. The zero-order chi connectivity index (χ0) is 11.3. The fourth-order valence-corrected chi connectivity index (χ4v) is 0. The predicted octanol–water partition coefficient (Wildman–Crippen LogP) is -4.85. The SMILES string of the molecule is NCCN.O=C([O-])C(=O)[O-].[O]=[U+2]=[O]. The normalized spacial score (nSPS) is 6.31. The van der Waals surface area contributed by atoms with E-state index in [4.69, 9.17) is 35.7 Å². The Morgan fingerprint density at radius 3 is 1.15 bits per heavy atom. The van der Waals surface area contributed by atoms with Crippen LogP contribution in [0.2, 0.25) is 0 Å². The van der Waals surface area contributed by atoms with Crippen LogP contribution in [0.15, 0.2) is 0 Å². The van der Waals surface area contributed by atoms with Gasteiger partial charge in [-0.1, -0.05) is 0 Å². The van der Waals surface area contributed by atoms with Gasteiger partial charge in [-0.2, -0.15) is 0 Å². The van der Waals surface area contributed by atoms with Crippen LogP contribution in [-0.2, 0) is 14.1 Å². The summed E-state index contributed by atoms with van der Waals surface area (Å²) in [5.41, 5.74) is 9.81. The van der Waals surface area contributed by atoms with Crippen molar-refractivity contribution >= 4 is 11.9 Å². The van der Waals surface area contributed by atoms with E-state index < -0.39 is 39.8 Å². The number of nitrogens with two attached hydrogens (primary N) is 2. The molecule has 0 amide bonds. The number of aliphatic carboxylic acids is 2. The molecule has 0 aliphatic carbocycles. The van der Waals surface area contributed by atoms with Gasteiger partial charge in [0.1, 0.15) is 0 Å². The maximum absolute atomic E-state index is 8.93. The van der Waals surface area contributed by atoms with E-state index in [1.807, 2.05) is 0 Å². The Bertz CT molecular complexity index is 163. The first-order valence-electron chi connectivity index (χ1n) is 2.79. The van der Waals surface area contributed by atoms with Gasteiger partial charge in [-0.05, 0) is 0 Å². The zero-order valence-corrected chi connectivity index (χ0v) is 10.7. The van der Waals surface area contributed by atoms with Crippen LogP contribution in [0.25, 0.3) is 0 Å². The Morgan fingerprint density at radius 1 is 1.00 bits per heavy atom. The van der Waals surface area contributed by atoms with Crippen LogP contribution < -0.4 is 21.7 Å². The van der Waals surface area contributed by atoms with Gasteiger partial charge >= 0.3 is 32.3 Å². The molecule has 0 rings (SSSR count). The molecule has 0 radical (unpaired) electrons. The first kappa shape index (κ1) is 18.3. The van der Waals surface area contributed by atoms with Crippen molar-refractivity contribution in [2.24, 2.45) is 11.5 Å². The summed E-state index contributed by atoms with van der Waals surface area (Å²) in [6.07, 6.45) is 0. The molecule has 0 aromatic rings. The number of rotatable bonds is 1. The fraction of sp³-hybridized carbons (Fsp3) is 0.500. The molecule has 0 aliphatic rings. The molecule has 0 saturated carbocycles. The van der Waals surface area contributed by atoms with Gasteiger partial charge in [0.2, 0.25) is 0 Å². The van der Waals surface area contributed by atoms with Crippen LogP contribution in [0, 0.1) is 27.8 Å². The topological polar surface area (TPSA) is 166 Å². The van der Waals surface area contributed by atoms with Crippen LogP contribution >= 0.6 is 0 Å². The number of carbonyl (C=O) groups is 2. The van der Waals surface area contributed by atoms with E-state index in [1.165, 1.54) is 0 Å². The summed E-state index contributed by atoms with van der Waals surface area (Å²) in [5.74, 6) is -4.37. The quantitative estimate of drug-likeness (QED) is 0.400. The van der Waals surface area contributed by atoms with Gasteiger partial charge in [-0.15, -0.1) is 0 Å². The molecule has 0 bridgehead atoms. The van der Waals surface area contributed by atoms with E-state index in [0.29, 0.717) is 13.1 Å². The van der Waals surface area contributed by atoms with Crippen LogP contribution in [0.4, 0.5) is 0 Å². The van der Waals surface area contributed by atoms with Crippen molar-refractivity contribution in [3.8, 4) is 0 Å². The van der Waals surface area contributed by atoms with Gasteiger partial charge < -0.3 is 31.3 Å². The van der Waals surface area contributed by atoms with E-state index in [9.17, 15) is 0 Å². The van der Waals surface area contributed by atoms with Crippen molar-refractivity contribution in [1.82, 2.24) is 0 Å². The van der Waals surface area contributed by atoms with Crippen molar-refractivity contribution in [3.05, 3.63) is 0 Å². The molecule has 0 aliphatic heterocycles. The van der Waals surface area contributed by atoms with Crippen molar-refractivity contribution < 1.29 is 52.1 Å². The van der Waals surface area contributed by atoms with Crippen LogP contribution in [0.3, 0.4) is 0 Å². The monoisotopic (exact) mass is 418 g/mol. The van der Waals surface area contributed by atoms with Crippen molar-refractivity contribution in [3.63, 3.8) is 0 Å². The summed E-state index contributed by atoms with van der Waals surface area (Å²) in [7, 11) is 0. The van der Waals surface area contributed by atoms with Crippen molar-refractivity contribution in [1.29, 1.82) is 0 Å². The molecule has 0 aromatic carbocycles. The van der Waals surface area contributed by atoms with E-state index in [-0.39, 0.29) is 0 Å². The Balaban J connectivity index is -0.000000125. The van der Waals surface area contributed by atoms with Gasteiger partial charge in [-0.25, -0.2) is 0 Å². The number of carboxylic acids is 2. The Hall–Kier alpha value is -0.488. The predicted molar refractivity (Wildman–Crippen MR) is 29.5 cm³/mol. The molecule has 0 unspecified atom stereocenters. The first-order chi connectivity index (χ1) is 5.97. The van der Waals surface area contributed by atoms with Crippen LogP contribution in [0.5, 0.6) is 0 Å². The molecule has 4 N–H and O–H groups in total. The molecule has 8 nitrogen and oxygen atoms in total. The average molecular weight is 418 g/mol. The zero-order valence-electron chi connectivity index (χ0n) is 6.52. The average Bonchev–Trinajstić information content (AvgIpc) is 2.06. The summed E-state index contributed by atoms with van der Waals surface area (Å²) in [4.78, 5) is 17.9. The van der Waals surface area contributed by atoms with Gasteiger partial charge in [0.15, 0.2) is 0 Å². The summed E-state index contributed by atoms with van der Waals surface area (Å²) in [6, 6.07) is 0. The van der Waals surface area contributed by atoms with Crippen molar-refractivity contribution in [2.75, 3.05) is 13.1 Å². The minimum absolute atomic E-state index is 0.597. The molecule has 0 fully saturated rings. The maximum atomic E-state index is 8.93. The van der Waals surface area contributed by atoms with Gasteiger partial charge in [-0.3, -0.25) is 0 Å². The molecule has 0 aromatic heterocycles. The molecule has 9 heteroatoms. The minimum atomic E-state index is -2.51. The fourth-order valence-electron chi connectivity index (χ4n) is 0. The first-order valence-corrected chi connectivity index (χ1v) is 6.19. The second-order valence-electron chi connectivity index (χ2n) is 1.24. The molecule has 0 saturated heterocycles.